The predicted octanol–water partition coefficient (Wildman–Crippen LogP) is 2.07. The van der Waals surface area contributed by atoms with Gasteiger partial charge in [0.25, 0.3) is 0 Å². The minimum absolute atomic E-state index is 0.199. The maximum absolute atomic E-state index is 12.6. The van der Waals surface area contributed by atoms with Gasteiger partial charge < -0.3 is 20.7 Å². The molecule has 0 spiro atoms. The first kappa shape index (κ1) is 24.4. The minimum atomic E-state index is -0.837. The van der Waals surface area contributed by atoms with Crippen molar-refractivity contribution in [3.63, 3.8) is 0 Å². The standard InChI is InChI=1S/C20H32N4O5/c1-12(2)16(24-19(27)29-20(4,5)6)18(26)22-13(3)17(25)23-15-9-7-14(8-10-15)11-28-21/h7-10,12-13,16H,11,21H2,1-6H3,(H,22,26)(H,23,25)(H,24,27)/t13-,16-/m1/s1. The molecular weight excluding hydrogens is 376 g/mol. The van der Waals surface area contributed by atoms with Crippen LogP contribution in [0.15, 0.2) is 24.3 Å². The summed E-state index contributed by atoms with van der Waals surface area (Å²) in [7, 11) is 0. The molecule has 0 fully saturated rings. The van der Waals surface area contributed by atoms with Crippen molar-refractivity contribution >= 4 is 23.6 Å². The van der Waals surface area contributed by atoms with E-state index in [1.165, 1.54) is 0 Å². The zero-order valence-electron chi connectivity index (χ0n) is 17.9. The normalized spacial score (nSPS) is 13.4. The third-order valence-electron chi connectivity index (χ3n) is 3.84. The van der Waals surface area contributed by atoms with Gasteiger partial charge in [-0.1, -0.05) is 26.0 Å². The lowest BCUT2D eigenvalue weighted by atomic mass is 10.0. The van der Waals surface area contributed by atoms with Crippen molar-refractivity contribution < 1.29 is 24.0 Å². The number of hydrogen-bond donors (Lipinski definition) is 4. The van der Waals surface area contributed by atoms with Gasteiger partial charge in [0.1, 0.15) is 17.7 Å². The Hall–Kier alpha value is -2.65. The molecule has 0 unspecified atom stereocenters. The molecular formula is C20H32N4O5. The number of benzene rings is 1. The fourth-order valence-electron chi connectivity index (χ4n) is 2.37. The molecule has 0 bridgehead atoms. The van der Waals surface area contributed by atoms with Gasteiger partial charge >= 0.3 is 6.09 Å². The number of alkyl carbamates (subject to hydrolysis) is 1. The summed E-state index contributed by atoms with van der Waals surface area (Å²) in [6.07, 6.45) is -0.690. The molecule has 1 rings (SSSR count). The van der Waals surface area contributed by atoms with Crippen LogP contribution in [0.3, 0.4) is 0 Å². The van der Waals surface area contributed by atoms with Gasteiger partial charge in [0, 0.05) is 5.69 Å². The molecule has 0 saturated heterocycles. The summed E-state index contributed by atoms with van der Waals surface area (Å²) in [6, 6.07) is 5.31. The number of ether oxygens (including phenoxy) is 1. The highest BCUT2D eigenvalue weighted by Crippen LogP contribution is 2.11. The van der Waals surface area contributed by atoms with Crippen LogP contribution in [0.2, 0.25) is 0 Å². The van der Waals surface area contributed by atoms with E-state index in [-0.39, 0.29) is 18.4 Å². The molecule has 0 aliphatic heterocycles. The molecule has 1 aromatic carbocycles. The van der Waals surface area contributed by atoms with Crippen LogP contribution in [0.4, 0.5) is 10.5 Å². The number of rotatable bonds is 8. The van der Waals surface area contributed by atoms with Crippen LogP contribution >= 0.6 is 0 Å². The van der Waals surface area contributed by atoms with E-state index in [4.69, 9.17) is 10.6 Å². The average Bonchev–Trinajstić information content (AvgIpc) is 2.59. The molecule has 0 radical (unpaired) electrons. The minimum Gasteiger partial charge on any atom is -0.444 e. The van der Waals surface area contributed by atoms with Gasteiger partial charge in [-0.15, -0.1) is 0 Å². The quantitative estimate of drug-likeness (QED) is 0.487. The Morgan fingerprint density at radius 2 is 1.59 bits per heavy atom. The second-order valence-electron chi connectivity index (χ2n) is 8.10. The first-order valence-corrected chi connectivity index (χ1v) is 9.44. The molecule has 0 aliphatic carbocycles. The maximum Gasteiger partial charge on any atom is 0.408 e. The number of carbonyl (C=O) groups is 3. The van der Waals surface area contributed by atoms with Gasteiger partial charge in [-0.3, -0.25) is 14.4 Å². The highest BCUT2D eigenvalue weighted by Gasteiger charge is 2.28. The maximum atomic E-state index is 12.6. The van der Waals surface area contributed by atoms with Crippen LogP contribution < -0.4 is 21.8 Å². The van der Waals surface area contributed by atoms with E-state index in [1.807, 2.05) is 0 Å². The Morgan fingerprint density at radius 1 is 1.00 bits per heavy atom. The lowest BCUT2D eigenvalue weighted by Crippen LogP contribution is -2.54. The smallest absolute Gasteiger partial charge is 0.408 e. The van der Waals surface area contributed by atoms with E-state index in [9.17, 15) is 14.4 Å². The number of amides is 3. The molecule has 1 aromatic rings. The average molecular weight is 408 g/mol. The first-order valence-electron chi connectivity index (χ1n) is 9.44. The number of nitrogens with one attached hydrogen (secondary N) is 3. The summed E-state index contributed by atoms with van der Waals surface area (Å²) in [5.74, 6) is 3.97. The van der Waals surface area contributed by atoms with Crippen LogP contribution in [-0.2, 0) is 25.8 Å². The molecule has 29 heavy (non-hydrogen) atoms. The fraction of sp³-hybridized carbons (Fsp3) is 0.550. The summed E-state index contributed by atoms with van der Waals surface area (Å²) in [4.78, 5) is 41.5. The Kier molecular flexibility index (Phi) is 9.06. The summed E-state index contributed by atoms with van der Waals surface area (Å²) >= 11 is 0. The molecule has 0 aromatic heterocycles. The molecule has 2 atom stereocenters. The Balaban J connectivity index is 2.66. The topological polar surface area (TPSA) is 132 Å². The van der Waals surface area contributed by atoms with Crippen LogP contribution in [0.5, 0.6) is 0 Å². The van der Waals surface area contributed by atoms with E-state index in [0.29, 0.717) is 5.69 Å². The van der Waals surface area contributed by atoms with Gasteiger partial charge in [0.2, 0.25) is 11.8 Å². The highest BCUT2D eigenvalue weighted by atomic mass is 16.6. The van der Waals surface area contributed by atoms with Crippen molar-refractivity contribution in [3.05, 3.63) is 29.8 Å². The van der Waals surface area contributed by atoms with Crippen molar-refractivity contribution in [2.24, 2.45) is 11.8 Å². The van der Waals surface area contributed by atoms with Crippen LogP contribution in [0.1, 0.15) is 47.1 Å². The molecule has 162 valence electrons. The van der Waals surface area contributed by atoms with Gasteiger partial charge in [-0.25, -0.2) is 10.7 Å². The van der Waals surface area contributed by atoms with E-state index in [1.54, 1.807) is 65.8 Å². The lowest BCUT2D eigenvalue weighted by molar-refractivity contribution is -0.128. The predicted molar refractivity (Wildman–Crippen MR) is 110 cm³/mol. The van der Waals surface area contributed by atoms with E-state index < -0.39 is 29.7 Å². The summed E-state index contributed by atoms with van der Waals surface area (Å²) in [6.45, 7) is 10.6. The molecule has 5 N–H and O–H groups in total. The number of nitrogens with two attached hydrogens (primary N) is 1. The van der Waals surface area contributed by atoms with Crippen molar-refractivity contribution in [1.82, 2.24) is 10.6 Å². The SMILES string of the molecule is CC(C)[C@@H](NC(=O)OC(C)(C)C)C(=O)N[C@H](C)C(=O)Nc1ccc(CON)cc1. The van der Waals surface area contributed by atoms with Crippen molar-refractivity contribution in [1.29, 1.82) is 0 Å². The monoisotopic (exact) mass is 408 g/mol. The number of hydrogen-bond acceptors (Lipinski definition) is 6. The van der Waals surface area contributed by atoms with E-state index in [2.05, 4.69) is 20.8 Å². The van der Waals surface area contributed by atoms with E-state index >= 15 is 0 Å². The molecule has 0 heterocycles. The highest BCUT2D eigenvalue weighted by molar-refractivity contribution is 5.98. The van der Waals surface area contributed by atoms with Gasteiger partial charge in [-0.05, 0) is 51.3 Å². The van der Waals surface area contributed by atoms with Crippen LogP contribution in [0, 0.1) is 5.92 Å². The molecule has 9 heteroatoms. The zero-order valence-corrected chi connectivity index (χ0v) is 17.9. The third-order valence-corrected chi connectivity index (χ3v) is 3.84. The van der Waals surface area contributed by atoms with Crippen molar-refractivity contribution in [2.75, 3.05) is 5.32 Å². The summed E-state index contributed by atoms with van der Waals surface area (Å²) < 4.78 is 5.20. The Labute approximate surface area is 171 Å². The number of carbonyl (C=O) groups excluding carboxylic acids is 3. The second kappa shape index (κ2) is 10.8. The van der Waals surface area contributed by atoms with Crippen LogP contribution in [-0.4, -0.2) is 35.6 Å². The van der Waals surface area contributed by atoms with Gasteiger partial charge in [0.05, 0.1) is 6.61 Å². The third kappa shape index (κ3) is 8.93. The summed E-state index contributed by atoms with van der Waals surface area (Å²) in [5.41, 5.74) is 0.755. The van der Waals surface area contributed by atoms with Gasteiger partial charge in [-0.2, -0.15) is 0 Å². The van der Waals surface area contributed by atoms with Crippen molar-refractivity contribution in [3.8, 4) is 0 Å². The van der Waals surface area contributed by atoms with Crippen LogP contribution in [0.25, 0.3) is 0 Å². The molecule has 3 amide bonds. The number of anilines is 1. The summed E-state index contributed by atoms with van der Waals surface area (Å²) in [5, 5.41) is 7.90. The Bertz CT molecular complexity index is 698. The second-order valence-corrected chi connectivity index (χ2v) is 8.10. The molecule has 0 aliphatic rings. The first-order chi connectivity index (χ1) is 13.4. The van der Waals surface area contributed by atoms with E-state index in [0.717, 1.165) is 5.56 Å². The Morgan fingerprint density at radius 3 is 2.07 bits per heavy atom. The zero-order chi connectivity index (χ0) is 22.2. The molecule has 9 nitrogen and oxygen atoms in total. The largest absolute Gasteiger partial charge is 0.444 e. The lowest BCUT2D eigenvalue weighted by Gasteiger charge is -2.26. The van der Waals surface area contributed by atoms with Gasteiger partial charge in [0.15, 0.2) is 0 Å². The fourth-order valence-corrected chi connectivity index (χ4v) is 2.37. The van der Waals surface area contributed by atoms with Crippen molar-refractivity contribution in [2.45, 2.75) is 65.8 Å². The molecule has 0 saturated carbocycles.